The highest BCUT2D eigenvalue weighted by Gasteiger charge is 2.48. The maximum Gasteiger partial charge on any atom is 0.303 e. The maximum atomic E-state index is 10.5. The van der Waals surface area contributed by atoms with E-state index in [0.29, 0.717) is 37.1 Å². The molecular weight excluding hydrogens is 304 g/mol. The van der Waals surface area contributed by atoms with Crippen LogP contribution < -0.4 is 0 Å². The number of unbranched alkanes of at least 4 members (excludes halogenated alkanes) is 2. The molecule has 0 radical (unpaired) electrons. The van der Waals surface area contributed by atoms with Crippen molar-refractivity contribution in [2.24, 2.45) is 11.8 Å². The van der Waals surface area contributed by atoms with Gasteiger partial charge in [-0.25, -0.2) is 0 Å². The first-order valence-corrected chi connectivity index (χ1v) is 9.28. The normalized spacial score (nSPS) is 28.2. The Balaban J connectivity index is 1.70. The van der Waals surface area contributed by atoms with Crippen LogP contribution in [0.1, 0.15) is 58.3 Å². The lowest BCUT2D eigenvalue weighted by Crippen LogP contribution is -2.30. The molecule has 0 unspecified atom stereocenters. The molecule has 2 aliphatic heterocycles. The highest BCUT2D eigenvalue weighted by Crippen LogP contribution is 2.45. The van der Waals surface area contributed by atoms with Crippen LogP contribution in [-0.2, 0) is 14.3 Å². The molecule has 4 nitrogen and oxygen atoms in total. The zero-order valence-electron chi connectivity index (χ0n) is 14.7. The molecule has 134 valence electrons. The van der Waals surface area contributed by atoms with Crippen molar-refractivity contribution >= 4 is 5.97 Å². The van der Waals surface area contributed by atoms with E-state index < -0.39 is 5.97 Å². The van der Waals surface area contributed by atoms with Crippen molar-refractivity contribution in [3.05, 3.63) is 12.2 Å². The SMILES string of the molecule is CCCC#CCOC[C@H]1[C@H](C/C=C\CCCC(=O)O)[C@H]2CC[C@@H]1O2. The highest BCUT2D eigenvalue weighted by atomic mass is 16.5. The summed E-state index contributed by atoms with van der Waals surface area (Å²) in [5, 5.41) is 8.64. The van der Waals surface area contributed by atoms with E-state index in [1.165, 1.54) is 0 Å². The van der Waals surface area contributed by atoms with E-state index in [2.05, 4.69) is 30.9 Å². The van der Waals surface area contributed by atoms with Gasteiger partial charge >= 0.3 is 5.97 Å². The number of ether oxygens (including phenoxy) is 2. The summed E-state index contributed by atoms with van der Waals surface area (Å²) in [7, 11) is 0. The molecule has 4 heteroatoms. The second kappa shape index (κ2) is 10.5. The molecule has 2 rings (SSSR count). The average molecular weight is 334 g/mol. The van der Waals surface area contributed by atoms with Crippen LogP contribution in [0.15, 0.2) is 12.2 Å². The van der Waals surface area contributed by atoms with Crippen molar-refractivity contribution in [3.8, 4) is 11.8 Å². The third-order valence-corrected chi connectivity index (χ3v) is 4.91. The Bertz CT molecular complexity index is 474. The van der Waals surface area contributed by atoms with Crippen LogP contribution in [0.5, 0.6) is 0 Å². The number of carboxylic acids is 1. The molecule has 0 amide bonds. The average Bonchev–Trinajstić information content (AvgIpc) is 3.15. The Morgan fingerprint density at radius 2 is 2.04 bits per heavy atom. The molecule has 24 heavy (non-hydrogen) atoms. The number of aliphatic carboxylic acids is 1. The zero-order valence-corrected chi connectivity index (χ0v) is 14.7. The van der Waals surface area contributed by atoms with Crippen molar-refractivity contribution in [2.45, 2.75) is 70.5 Å². The van der Waals surface area contributed by atoms with E-state index in [0.717, 1.165) is 45.1 Å². The molecule has 0 aromatic carbocycles. The number of rotatable bonds is 10. The fourth-order valence-corrected chi connectivity index (χ4v) is 3.68. The summed E-state index contributed by atoms with van der Waals surface area (Å²) in [6.45, 7) is 3.38. The Hall–Kier alpha value is -1.31. The van der Waals surface area contributed by atoms with Gasteiger partial charge in [0, 0.05) is 18.8 Å². The predicted molar refractivity (Wildman–Crippen MR) is 93.6 cm³/mol. The fourth-order valence-electron chi connectivity index (χ4n) is 3.68. The van der Waals surface area contributed by atoms with Gasteiger partial charge in [0.15, 0.2) is 0 Å². The van der Waals surface area contributed by atoms with E-state index >= 15 is 0 Å². The summed E-state index contributed by atoms with van der Waals surface area (Å²) in [5.74, 6) is 6.46. The van der Waals surface area contributed by atoms with Crippen LogP contribution >= 0.6 is 0 Å². The quantitative estimate of drug-likeness (QED) is 0.375. The molecule has 2 fully saturated rings. The maximum absolute atomic E-state index is 10.5. The number of fused-ring (bicyclic) bond motifs is 2. The monoisotopic (exact) mass is 334 g/mol. The Morgan fingerprint density at radius 1 is 1.25 bits per heavy atom. The molecular formula is C20H30O4. The van der Waals surface area contributed by atoms with Gasteiger partial charge in [-0.05, 0) is 44.4 Å². The number of carbonyl (C=O) groups is 1. The predicted octanol–water partition coefficient (Wildman–Crippen LogP) is 3.80. The third-order valence-electron chi connectivity index (χ3n) is 4.91. The summed E-state index contributed by atoms with van der Waals surface area (Å²) in [5.41, 5.74) is 0. The van der Waals surface area contributed by atoms with Gasteiger partial charge in [0.1, 0.15) is 6.61 Å². The van der Waals surface area contributed by atoms with Crippen LogP contribution in [0.4, 0.5) is 0 Å². The molecule has 2 aliphatic rings. The second-order valence-corrected chi connectivity index (χ2v) is 6.73. The van der Waals surface area contributed by atoms with E-state index in [1.54, 1.807) is 0 Å². The Labute approximate surface area is 145 Å². The lowest BCUT2D eigenvalue weighted by molar-refractivity contribution is -0.137. The summed E-state index contributed by atoms with van der Waals surface area (Å²) in [6, 6.07) is 0. The summed E-state index contributed by atoms with van der Waals surface area (Å²) in [4.78, 5) is 10.5. The Morgan fingerprint density at radius 3 is 2.79 bits per heavy atom. The minimum Gasteiger partial charge on any atom is -0.481 e. The Kier molecular flexibility index (Phi) is 8.35. The molecule has 0 aliphatic carbocycles. The molecule has 2 bridgehead atoms. The van der Waals surface area contributed by atoms with Crippen molar-refractivity contribution in [2.75, 3.05) is 13.2 Å². The number of carboxylic acid groups (broad SMARTS) is 1. The third kappa shape index (κ3) is 5.96. The first kappa shape index (κ1) is 19.0. The van der Waals surface area contributed by atoms with Gasteiger partial charge in [-0.15, -0.1) is 5.92 Å². The topological polar surface area (TPSA) is 55.8 Å². The number of allylic oxidation sites excluding steroid dienone is 2. The zero-order chi connectivity index (χ0) is 17.2. The largest absolute Gasteiger partial charge is 0.481 e. The van der Waals surface area contributed by atoms with Gasteiger partial charge in [-0.3, -0.25) is 4.79 Å². The summed E-state index contributed by atoms with van der Waals surface area (Å²) < 4.78 is 11.9. The lowest BCUT2D eigenvalue weighted by Gasteiger charge is -2.26. The molecule has 0 saturated carbocycles. The molecule has 0 spiro atoms. The van der Waals surface area contributed by atoms with E-state index in [-0.39, 0.29) is 6.42 Å². The van der Waals surface area contributed by atoms with Gasteiger partial charge in [0.2, 0.25) is 0 Å². The first-order valence-electron chi connectivity index (χ1n) is 9.28. The molecule has 0 aromatic heterocycles. The summed E-state index contributed by atoms with van der Waals surface area (Å²) in [6.07, 6.45) is 12.2. The van der Waals surface area contributed by atoms with Crippen molar-refractivity contribution in [3.63, 3.8) is 0 Å². The smallest absolute Gasteiger partial charge is 0.303 e. The molecule has 4 atom stereocenters. The molecule has 2 saturated heterocycles. The molecule has 1 N–H and O–H groups in total. The van der Waals surface area contributed by atoms with Crippen molar-refractivity contribution in [1.82, 2.24) is 0 Å². The fraction of sp³-hybridized carbons (Fsp3) is 0.750. The van der Waals surface area contributed by atoms with Gasteiger partial charge in [0.25, 0.3) is 0 Å². The highest BCUT2D eigenvalue weighted by molar-refractivity contribution is 5.66. The van der Waals surface area contributed by atoms with Gasteiger partial charge in [-0.1, -0.05) is 25.0 Å². The van der Waals surface area contributed by atoms with Gasteiger partial charge in [0.05, 0.1) is 18.8 Å². The van der Waals surface area contributed by atoms with Crippen molar-refractivity contribution in [1.29, 1.82) is 0 Å². The van der Waals surface area contributed by atoms with E-state index in [9.17, 15) is 4.79 Å². The minimum absolute atomic E-state index is 0.247. The number of hydrogen-bond acceptors (Lipinski definition) is 3. The molecule has 2 heterocycles. The second-order valence-electron chi connectivity index (χ2n) is 6.73. The van der Waals surface area contributed by atoms with Crippen LogP contribution in [-0.4, -0.2) is 36.5 Å². The first-order chi connectivity index (χ1) is 11.7. The van der Waals surface area contributed by atoms with Gasteiger partial charge < -0.3 is 14.6 Å². The van der Waals surface area contributed by atoms with E-state index in [1.807, 2.05) is 0 Å². The van der Waals surface area contributed by atoms with Crippen LogP contribution in [0, 0.1) is 23.7 Å². The minimum atomic E-state index is -0.718. The summed E-state index contributed by atoms with van der Waals surface area (Å²) >= 11 is 0. The lowest BCUT2D eigenvalue weighted by atomic mass is 9.78. The van der Waals surface area contributed by atoms with Crippen molar-refractivity contribution < 1.29 is 19.4 Å². The van der Waals surface area contributed by atoms with E-state index in [4.69, 9.17) is 14.6 Å². The molecule has 0 aromatic rings. The standard InChI is InChI=1S/C20H30O4/c1-2-3-4-9-14-23-15-17-16(18-12-13-19(17)24-18)10-7-5-6-8-11-20(21)22/h5,7,16-19H,2-3,6,8,10-15H2,1H3,(H,21,22)/b7-5-/t16-,17-,18+,19-/m0/s1. The number of hydrogen-bond donors (Lipinski definition) is 1. The van der Waals surface area contributed by atoms with Gasteiger partial charge in [-0.2, -0.15) is 0 Å². The van der Waals surface area contributed by atoms with Crippen LogP contribution in [0.25, 0.3) is 0 Å². The van der Waals surface area contributed by atoms with Crippen LogP contribution in [0.2, 0.25) is 0 Å². The van der Waals surface area contributed by atoms with Crippen LogP contribution in [0.3, 0.4) is 0 Å².